The Morgan fingerprint density at radius 1 is 0.789 bits per heavy atom. The molecule has 0 saturated carbocycles. The zero-order chi connectivity index (χ0) is 25.9. The molecule has 0 aliphatic carbocycles. The standard InChI is InChI=1S/C27H30Cl2N8O/c28-22-8-4-20(5-9-22)25-26(21-6-10-23(29)11-7-21)37(35-12-2-1-3-13-35)19-24(30-25)18-36-27(31-32-33-36)34-14-16-38-17-15-34/h4-11H,1-3,12-19H2. The third kappa shape index (κ3) is 5.42. The summed E-state index contributed by atoms with van der Waals surface area (Å²) in [6.45, 7) is 6.03. The number of rotatable bonds is 6. The highest BCUT2D eigenvalue weighted by molar-refractivity contribution is 6.31. The number of aliphatic imine (C=N–C) groups is 1. The third-order valence-electron chi connectivity index (χ3n) is 7.13. The van der Waals surface area contributed by atoms with Gasteiger partial charge in [-0.3, -0.25) is 10.0 Å². The fourth-order valence-corrected chi connectivity index (χ4v) is 5.49. The van der Waals surface area contributed by atoms with E-state index in [-0.39, 0.29) is 0 Å². The maximum absolute atomic E-state index is 6.27. The number of morpholine rings is 1. The number of halogens is 2. The van der Waals surface area contributed by atoms with Crippen molar-refractivity contribution in [2.75, 3.05) is 50.8 Å². The predicted octanol–water partition coefficient (Wildman–Crippen LogP) is 4.50. The van der Waals surface area contributed by atoms with Gasteiger partial charge in [0.15, 0.2) is 0 Å². The molecule has 11 heteroatoms. The fraction of sp³-hybridized carbons (Fsp3) is 0.407. The number of nitrogens with zero attached hydrogens (tertiary/aromatic N) is 8. The molecule has 0 amide bonds. The van der Waals surface area contributed by atoms with Crippen LogP contribution in [0.15, 0.2) is 53.5 Å². The lowest BCUT2D eigenvalue weighted by Crippen LogP contribution is -2.48. The third-order valence-corrected chi connectivity index (χ3v) is 7.64. The number of tetrazole rings is 1. The van der Waals surface area contributed by atoms with Gasteiger partial charge < -0.3 is 9.64 Å². The molecule has 9 nitrogen and oxygen atoms in total. The molecule has 198 valence electrons. The number of aromatic nitrogens is 4. The average Bonchev–Trinajstić information content (AvgIpc) is 3.43. The molecule has 2 fully saturated rings. The molecule has 3 aliphatic rings. The minimum Gasteiger partial charge on any atom is -0.378 e. The molecule has 6 rings (SSSR count). The highest BCUT2D eigenvalue weighted by atomic mass is 35.5. The molecule has 0 spiro atoms. The van der Waals surface area contributed by atoms with Crippen molar-refractivity contribution < 1.29 is 4.74 Å². The first-order valence-corrected chi connectivity index (χ1v) is 13.9. The van der Waals surface area contributed by atoms with Crippen molar-refractivity contribution in [3.63, 3.8) is 0 Å². The fourth-order valence-electron chi connectivity index (χ4n) is 5.23. The van der Waals surface area contributed by atoms with Crippen LogP contribution in [0.1, 0.15) is 30.4 Å². The number of piperidine rings is 1. The van der Waals surface area contributed by atoms with E-state index in [4.69, 9.17) is 32.9 Å². The van der Waals surface area contributed by atoms with Crippen LogP contribution in [0.4, 0.5) is 5.95 Å². The minimum atomic E-state index is 0.495. The lowest BCUT2D eigenvalue weighted by atomic mass is 10.0. The summed E-state index contributed by atoms with van der Waals surface area (Å²) in [4.78, 5) is 7.43. The maximum Gasteiger partial charge on any atom is 0.246 e. The van der Waals surface area contributed by atoms with Crippen LogP contribution in [0.5, 0.6) is 0 Å². The van der Waals surface area contributed by atoms with Crippen molar-refractivity contribution in [2.45, 2.75) is 25.8 Å². The zero-order valence-electron chi connectivity index (χ0n) is 21.1. The molecule has 2 aromatic carbocycles. The summed E-state index contributed by atoms with van der Waals surface area (Å²) in [5, 5.41) is 18.9. The van der Waals surface area contributed by atoms with Gasteiger partial charge in [-0.15, -0.1) is 0 Å². The Morgan fingerprint density at radius 3 is 2.13 bits per heavy atom. The van der Waals surface area contributed by atoms with Crippen LogP contribution in [0, 0.1) is 0 Å². The van der Waals surface area contributed by atoms with Crippen molar-refractivity contribution in [1.82, 2.24) is 30.2 Å². The van der Waals surface area contributed by atoms with Gasteiger partial charge in [0.1, 0.15) is 0 Å². The van der Waals surface area contributed by atoms with Crippen molar-refractivity contribution in [2.24, 2.45) is 4.99 Å². The molecular weight excluding hydrogens is 523 g/mol. The normalized spacial score (nSPS) is 19.2. The second kappa shape index (κ2) is 11.4. The van der Waals surface area contributed by atoms with Crippen molar-refractivity contribution in [3.05, 3.63) is 69.7 Å². The second-order valence-electron chi connectivity index (χ2n) is 9.70. The second-order valence-corrected chi connectivity index (χ2v) is 10.6. The van der Waals surface area contributed by atoms with Crippen molar-refractivity contribution >= 4 is 46.3 Å². The molecule has 0 atom stereocenters. The topological polar surface area (TPSA) is 74.9 Å². The Balaban J connectivity index is 1.44. The molecule has 1 aromatic heterocycles. The molecule has 3 aromatic rings. The van der Waals surface area contributed by atoms with E-state index in [1.165, 1.54) is 19.3 Å². The monoisotopic (exact) mass is 552 g/mol. The molecule has 3 aliphatic heterocycles. The van der Waals surface area contributed by atoms with Gasteiger partial charge in [-0.25, -0.2) is 9.69 Å². The van der Waals surface area contributed by atoms with E-state index < -0.39 is 0 Å². The first-order valence-electron chi connectivity index (χ1n) is 13.1. The van der Waals surface area contributed by atoms with Gasteiger partial charge in [-0.2, -0.15) is 0 Å². The van der Waals surface area contributed by atoms with Crippen molar-refractivity contribution in [1.29, 1.82) is 0 Å². The predicted molar refractivity (Wildman–Crippen MR) is 150 cm³/mol. The quantitative estimate of drug-likeness (QED) is 0.445. The van der Waals surface area contributed by atoms with E-state index in [0.29, 0.717) is 36.3 Å². The Kier molecular flexibility index (Phi) is 7.60. The van der Waals surface area contributed by atoms with Crippen molar-refractivity contribution in [3.8, 4) is 0 Å². The van der Waals surface area contributed by atoms with Gasteiger partial charge in [0.2, 0.25) is 5.95 Å². The van der Waals surface area contributed by atoms with Gasteiger partial charge in [-0.1, -0.05) is 59.0 Å². The summed E-state index contributed by atoms with van der Waals surface area (Å²) in [6.07, 6.45) is 3.59. The summed E-state index contributed by atoms with van der Waals surface area (Å²) >= 11 is 12.5. The molecule has 0 N–H and O–H groups in total. The summed E-state index contributed by atoms with van der Waals surface area (Å²) in [6, 6.07) is 15.9. The van der Waals surface area contributed by atoms with Gasteiger partial charge >= 0.3 is 0 Å². The number of hydrogen-bond donors (Lipinski definition) is 0. The average molecular weight is 553 g/mol. The number of hydrazine groups is 1. The van der Waals surface area contributed by atoms with Crippen LogP contribution in [0.2, 0.25) is 10.0 Å². The molecule has 0 radical (unpaired) electrons. The maximum atomic E-state index is 6.27. The van der Waals surface area contributed by atoms with Crippen LogP contribution in [-0.2, 0) is 11.3 Å². The van der Waals surface area contributed by atoms with Crippen LogP contribution >= 0.6 is 23.2 Å². The van der Waals surface area contributed by atoms with E-state index in [0.717, 1.165) is 60.4 Å². The summed E-state index contributed by atoms with van der Waals surface area (Å²) < 4.78 is 7.37. The first kappa shape index (κ1) is 25.3. The molecule has 4 heterocycles. The highest BCUT2D eigenvalue weighted by Gasteiger charge is 2.31. The van der Waals surface area contributed by atoms with Gasteiger partial charge in [-0.05, 0) is 47.5 Å². The smallest absolute Gasteiger partial charge is 0.246 e. The summed E-state index contributed by atoms with van der Waals surface area (Å²) in [5.74, 6) is 0.751. The van der Waals surface area contributed by atoms with Gasteiger partial charge in [0.05, 0.1) is 43.4 Å². The van der Waals surface area contributed by atoms with Crippen LogP contribution in [0.25, 0.3) is 11.4 Å². The zero-order valence-corrected chi connectivity index (χ0v) is 22.7. The Hall–Kier alpha value is -2.98. The van der Waals surface area contributed by atoms with E-state index in [2.05, 4.69) is 42.6 Å². The first-order chi connectivity index (χ1) is 18.7. The lowest BCUT2D eigenvalue weighted by molar-refractivity contribution is 0.0273. The van der Waals surface area contributed by atoms with E-state index >= 15 is 0 Å². The van der Waals surface area contributed by atoms with Gasteiger partial charge in [0, 0.05) is 47.4 Å². The Morgan fingerprint density at radius 2 is 1.45 bits per heavy atom. The van der Waals surface area contributed by atoms with Crippen LogP contribution in [-0.4, -0.2) is 81.9 Å². The molecule has 0 bridgehead atoms. The number of benzene rings is 2. The van der Waals surface area contributed by atoms with E-state index in [9.17, 15) is 0 Å². The minimum absolute atomic E-state index is 0.495. The molecule has 2 saturated heterocycles. The SMILES string of the molecule is Clc1ccc(C2=C(c3ccc(Cl)cc3)N(N3CCCCC3)CC(Cn3nnnc3N3CCOCC3)=N2)cc1. The molecular formula is C27H30Cl2N8O. The number of hydrogen-bond acceptors (Lipinski definition) is 8. The lowest BCUT2D eigenvalue weighted by Gasteiger charge is -2.43. The van der Waals surface area contributed by atoms with Gasteiger partial charge in [0.25, 0.3) is 0 Å². The Labute approximate surface area is 232 Å². The molecule has 0 unspecified atom stereocenters. The molecule has 38 heavy (non-hydrogen) atoms. The van der Waals surface area contributed by atoms with E-state index in [1.54, 1.807) is 0 Å². The summed E-state index contributed by atoms with van der Waals surface area (Å²) in [7, 11) is 0. The van der Waals surface area contributed by atoms with Crippen LogP contribution in [0.3, 0.4) is 0 Å². The number of ether oxygens (including phenoxy) is 1. The van der Waals surface area contributed by atoms with Crippen LogP contribution < -0.4 is 4.90 Å². The largest absolute Gasteiger partial charge is 0.378 e. The highest BCUT2D eigenvalue weighted by Crippen LogP contribution is 2.36. The van der Waals surface area contributed by atoms with E-state index in [1.807, 2.05) is 41.1 Å². The number of anilines is 1. The Bertz CT molecular complexity index is 1310. The summed E-state index contributed by atoms with van der Waals surface area (Å²) in [5.41, 5.74) is 5.03.